The molecule has 2 bridgehead atoms. The highest BCUT2D eigenvalue weighted by molar-refractivity contribution is 5.90. The number of pyridine rings is 1. The molecular weight excluding hydrogens is 441 g/mol. The smallest absolute Gasteiger partial charge is 0.368 e. The van der Waals surface area contributed by atoms with Crippen molar-refractivity contribution in [3.63, 3.8) is 0 Å². The summed E-state index contributed by atoms with van der Waals surface area (Å²) >= 11 is 0. The summed E-state index contributed by atoms with van der Waals surface area (Å²) in [6, 6.07) is 1.46. The molecule has 2 aromatic heterocycles. The minimum absolute atomic E-state index is 0.136. The van der Waals surface area contributed by atoms with E-state index in [0.29, 0.717) is 29.3 Å². The van der Waals surface area contributed by atoms with Crippen molar-refractivity contribution in [2.45, 2.75) is 31.5 Å². The molecule has 9 nitrogen and oxygen atoms in total. The number of nitrogens with zero attached hydrogens (tertiary/aromatic N) is 4. The van der Waals surface area contributed by atoms with E-state index in [1.54, 1.807) is 4.40 Å². The molecule has 3 N–H and O–H groups in total. The second kappa shape index (κ2) is 7.35. The molecule has 12 heteroatoms. The number of nitrogens with one attached hydrogen (secondary N) is 1. The van der Waals surface area contributed by atoms with Gasteiger partial charge in [0.1, 0.15) is 18.7 Å². The Labute approximate surface area is 186 Å². The number of alkyl halides is 3. The van der Waals surface area contributed by atoms with Crippen LogP contribution in [0.1, 0.15) is 24.8 Å². The molecular formula is C21H23F3N6O3. The summed E-state index contributed by atoms with van der Waals surface area (Å²) in [6.45, 7) is 0.637. The maximum atomic E-state index is 13.5. The average molecular weight is 464 g/mol. The van der Waals surface area contributed by atoms with Crippen molar-refractivity contribution in [1.29, 1.82) is 0 Å². The molecule has 5 rings (SSSR count). The van der Waals surface area contributed by atoms with Crippen LogP contribution in [0, 0.1) is 17.3 Å². The zero-order valence-electron chi connectivity index (χ0n) is 17.6. The number of nitrogens with two attached hydrogens (primary N) is 1. The summed E-state index contributed by atoms with van der Waals surface area (Å²) in [7, 11) is 0. The fourth-order valence-corrected chi connectivity index (χ4v) is 5.95. The Hall–Kier alpha value is -3.31. The Kier molecular flexibility index (Phi) is 4.80. The maximum Gasteiger partial charge on any atom is 0.416 e. The highest BCUT2D eigenvalue weighted by Gasteiger charge is 2.68. The topological polar surface area (TPSA) is 113 Å². The van der Waals surface area contributed by atoms with Gasteiger partial charge in [-0.05, 0) is 43.2 Å². The van der Waals surface area contributed by atoms with Gasteiger partial charge in [0.25, 0.3) is 0 Å². The number of carbonyl (C=O) groups excluding carboxylic acids is 3. The monoisotopic (exact) mass is 464 g/mol. The molecule has 0 aromatic carbocycles. The van der Waals surface area contributed by atoms with Gasteiger partial charge in [0.2, 0.25) is 12.3 Å². The number of urea groups is 1. The summed E-state index contributed by atoms with van der Waals surface area (Å²) in [6.07, 6.45) is 1.32. The number of imide groups is 1. The van der Waals surface area contributed by atoms with Crippen molar-refractivity contribution in [1.82, 2.24) is 19.6 Å². The molecule has 2 aliphatic carbocycles. The lowest BCUT2D eigenvalue weighted by Crippen LogP contribution is -2.49. The molecule has 3 aliphatic rings. The number of fused-ring (bicyclic) bond motifs is 1. The number of hydrogen-bond acceptors (Lipinski definition) is 5. The Morgan fingerprint density at radius 3 is 2.58 bits per heavy atom. The third kappa shape index (κ3) is 3.47. The van der Waals surface area contributed by atoms with E-state index in [1.165, 1.54) is 18.6 Å². The van der Waals surface area contributed by atoms with Crippen LogP contribution in [0.5, 0.6) is 0 Å². The number of piperidine rings is 1. The Balaban J connectivity index is 1.35. The first kappa shape index (κ1) is 21.5. The van der Waals surface area contributed by atoms with E-state index in [1.807, 2.05) is 4.90 Å². The van der Waals surface area contributed by atoms with Gasteiger partial charge in [-0.25, -0.2) is 9.78 Å². The van der Waals surface area contributed by atoms with Crippen molar-refractivity contribution < 1.29 is 27.6 Å². The first-order chi connectivity index (χ1) is 15.6. The van der Waals surface area contributed by atoms with E-state index >= 15 is 0 Å². The van der Waals surface area contributed by atoms with Gasteiger partial charge < -0.3 is 16.0 Å². The molecule has 0 radical (unpaired) electrons. The molecule has 1 aliphatic heterocycles. The van der Waals surface area contributed by atoms with Crippen molar-refractivity contribution >= 4 is 29.7 Å². The van der Waals surface area contributed by atoms with Crippen LogP contribution in [0.2, 0.25) is 0 Å². The molecule has 33 heavy (non-hydrogen) atoms. The quantitative estimate of drug-likeness (QED) is 0.653. The predicted octanol–water partition coefficient (Wildman–Crippen LogP) is 1.61. The lowest BCUT2D eigenvalue weighted by atomic mass is 9.81. The lowest BCUT2D eigenvalue weighted by molar-refractivity contribution is -0.137. The summed E-state index contributed by atoms with van der Waals surface area (Å²) in [5.74, 6) is 0.0490. The molecule has 3 unspecified atom stereocenters. The largest absolute Gasteiger partial charge is 0.416 e. The number of anilines is 1. The van der Waals surface area contributed by atoms with Crippen LogP contribution in [0.15, 0.2) is 24.7 Å². The van der Waals surface area contributed by atoms with Crippen molar-refractivity contribution in [2.24, 2.45) is 23.0 Å². The third-order valence-electron chi connectivity index (χ3n) is 7.48. The van der Waals surface area contributed by atoms with E-state index < -0.39 is 30.2 Å². The predicted molar refractivity (Wildman–Crippen MR) is 110 cm³/mol. The summed E-state index contributed by atoms with van der Waals surface area (Å²) in [5.41, 5.74) is 4.62. The zero-order chi connectivity index (χ0) is 23.5. The van der Waals surface area contributed by atoms with Gasteiger partial charge in [0, 0.05) is 24.5 Å². The second-order valence-electron chi connectivity index (χ2n) is 9.18. The zero-order valence-corrected chi connectivity index (χ0v) is 17.6. The van der Waals surface area contributed by atoms with Gasteiger partial charge in [-0.15, -0.1) is 0 Å². The van der Waals surface area contributed by atoms with Crippen LogP contribution < -0.4 is 16.0 Å². The van der Waals surface area contributed by atoms with E-state index in [0.717, 1.165) is 25.3 Å². The van der Waals surface area contributed by atoms with Crippen LogP contribution in [-0.2, 0) is 15.8 Å². The summed E-state index contributed by atoms with van der Waals surface area (Å²) in [5, 5.41) is 2.85. The molecule has 2 aromatic rings. The van der Waals surface area contributed by atoms with E-state index in [9.17, 15) is 27.6 Å². The molecule has 4 amide bonds. The minimum atomic E-state index is -4.46. The Morgan fingerprint density at radius 1 is 1.27 bits per heavy atom. The SMILES string of the molecule is NC(=O)CN(C=O)C(=O)NC1CC12C1CCC2CN(c2cc(C(F)(F)F)cc3cncn23)C1. The summed E-state index contributed by atoms with van der Waals surface area (Å²) in [4.78, 5) is 41.3. The number of imidazole rings is 1. The van der Waals surface area contributed by atoms with Gasteiger partial charge in [-0.1, -0.05) is 0 Å². The number of primary amides is 1. The Bertz CT molecular complexity index is 1120. The van der Waals surface area contributed by atoms with Gasteiger partial charge in [-0.3, -0.25) is 18.9 Å². The lowest BCUT2D eigenvalue weighted by Gasteiger charge is -2.41. The molecule has 1 saturated heterocycles. The van der Waals surface area contributed by atoms with Crippen LogP contribution >= 0.6 is 0 Å². The minimum Gasteiger partial charge on any atom is -0.368 e. The molecule has 1 spiro atoms. The number of aromatic nitrogens is 2. The molecule has 3 fully saturated rings. The fraction of sp³-hybridized carbons (Fsp3) is 0.524. The van der Waals surface area contributed by atoms with Crippen LogP contribution in [-0.4, -0.2) is 58.3 Å². The van der Waals surface area contributed by atoms with E-state index in [2.05, 4.69) is 10.3 Å². The van der Waals surface area contributed by atoms with Crippen LogP contribution in [0.3, 0.4) is 0 Å². The highest BCUT2D eigenvalue weighted by atomic mass is 19.4. The fourth-order valence-electron chi connectivity index (χ4n) is 5.95. The number of halogens is 3. The van der Waals surface area contributed by atoms with Gasteiger partial charge in [0.05, 0.1) is 17.3 Å². The van der Waals surface area contributed by atoms with Crippen molar-refractivity contribution in [2.75, 3.05) is 24.5 Å². The standard InChI is InChI=1S/C21H23F3N6O3/c22-21(23,24)14-3-15-6-26-10-30(15)18(4-14)28-7-12-1-2-13(8-28)20(12)5-16(20)27-19(33)29(11-31)9-17(25)32/h3-4,6,10-13,16H,1-2,5,7-9H2,(H2,25,32)(H,27,33). The van der Waals surface area contributed by atoms with Crippen LogP contribution in [0.25, 0.3) is 5.52 Å². The van der Waals surface area contributed by atoms with Gasteiger partial charge >= 0.3 is 12.2 Å². The molecule has 3 atom stereocenters. The number of carbonyl (C=O) groups is 3. The number of amides is 4. The molecule has 3 heterocycles. The van der Waals surface area contributed by atoms with Crippen molar-refractivity contribution in [3.05, 3.63) is 30.2 Å². The third-order valence-corrected chi connectivity index (χ3v) is 7.48. The molecule has 176 valence electrons. The van der Waals surface area contributed by atoms with Crippen molar-refractivity contribution in [3.8, 4) is 0 Å². The second-order valence-corrected chi connectivity index (χ2v) is 9.18. The Morgan fingerprint density at radius 2 is 1.97 bits per heavy atom. The first-order valence-corrected chi connectivity index (χ1v) is 10.7. The van der Waals surface area contributed by atoms with Gasteiger partial charge in [0.15, 0.2) is 0 Å². The number of hydrogen-bond donors (Lipinski definition) is 2. The van der Waals surface area contributed by atoms with Crippen LogP contribution in [0.4, 0.5) is 23.8 Å². The highest BCUT2D eigenvalue weighted by Crippen LogP contribution is 2.66. The van der Waals surface area contributed by atoms with Gasteiger partial charge in [-0.2, -0.15) is 13.2 Å². The average Bonchev–Trinajstić information content (AvgIpc) is 3.15. The normalized spacial score (nSPS) is 28.2. The van der Waals surface area contributed by atoms with E-state index in [-0.39, 0.29) is 29.7 Å². The molecule has 2 saturated carbocycles. The number of rotatable bonds is 5. The van der Waals surface area contributed by atoms with E-state index in [4.69, 9.17) is 5.73 Å². The maximum absolute atomic E-state index is 13.5. The summed E-state index contributed by atoms with van der Waals surface area (Å²) < 4.78 is 42.1. The first-order valence-electron chi connectivity index (χ1n) is 10.7.